The summed E-state index contributed by atoms with van der Waals surface area (Å²) in [4.78, 5) is 2.86. The second kappa shape index (κ2) is 10.1. The Kier molecular flexibility index (Phi) is 7.87. The van der Waals surface area contributed by atoms with E-state index in [1.807, 2.05) is 30.3 Å². The average molecular weight is 349 g/mol. The van der Waals surface area contributed by atoms with Crippen LogP contribution in [-0.4, -0.2) is 56.1 Å². The molecule has 25 heavy (non-hydrogen) atoms. The first-order chi connectivity index (χ1) is 12.2. The third-order valence-corrected chi connectivity index (χ3v) is 3.90. The predicted molar refractivity (Wildman–Crippen MR) is 90.6 cm³/mol. The van der Waals surface area contributed by atoms with Crippen molar-refractivity contribution in [2.45, 2.75) is 37.3 Å². The molecule has 136 valence electrons. The summed E-state index contributed by atoms with van der Waals surface area (Å²) < 4.78 is 22.7. The second-order valence-electron chi connectivity index (χ2n) is 5.50. The molecule has 0 aromatic heterocycles. The first-order valence-electron chi connectivity index (χ1n) is 7.96. The number of aliphatic hydroxyl groups is 1. The van der Waals surface area contributed by atoms with Crippen LogP contribution >= 0.6 is 0 Å². The topological polar surface area (TPSA) is 106 Å². The van der Waals surface area contributed by atoms with Crippen LogP contribution in [0, 0.1) is 0 Å². The van der Waals surface area contributed by atoms with E-state index in [1.54, 1.807) is 6.08 Å². The molecule has 2 rings (SSSR count). The van der Waals surface area contributed by atoms with Crippen LogP contribution in [0.1, 0.15) is 5.56 Å². The monoisotopic (exact) mass is 349 g/mol. The van der Waals surface area contributed by atoms with Crippen molar-refractivity contribution in [3.05, 3.63) is 59.0 Å². The molecule has 0 spiro atoms. The lowest BCUT2D eigenvalue weighted by Gasteiger charge is -2.43. The smallest absolute Gasteiger partial charge is 0.168 e. The molecule has 8 nitrogen and oxygen atoms in total. The third kappa shape index (κ3) is 5.02. The molecule has 1 aliphatic rings. The Balaban J connectivity index is 2.22. The van der Waals surface area contributed by atoms with Gasteiger partial charge in [0.05, 0.1) is 19.8 Å². The van der Waals surface area contributed by atoms with Gasteiger partial charge in [0.15, 0.2) is 6.29 Å². The van der Waals surface area contributed by atoms with Gasteiger partial charge in [-0.2, -0.15) is 0 Å². The van der Waals surface area contributed by atoms with Gasteiger partial charge >= 0.3 is 0 Å². The largest absolute Gasteiger partial charge is 0.394 e. The molecule has 0 unspecified atom stereocenters. The first-order valence-corrected chi connectivity index (χ1v) is 7.96. The maximum absolute atomic E-state index is 9.69. The van der Waals surface area contributed by atoms with E-state index >= 15 is 0 Å². The van der Waals surface area contributed by atoms with E-state index in [0.717, 1.165) is 5.56 Å². The van der Waals surface area contributed by atoms with Gasteiger partial charge in [-0.25, -0.2) is 0 Å². The lowest BCUT2D eigenvalue weighted by molar-refractivity contribution is -0.274. The van der Waals surface area contributed by atoms with Crippen molar-refractivity contribution in [1.29, 1.82) is 0 Å². The molecule has 5 atom stereocenters. The van der Waals surface area contributed by atoms with Gasteiger partial charge in [-0.05, 0) is 11.1 Å². The van der Waals surface area contributed by atoms with Crippen LogP contribution in [0.3, 0.4) is 0 Å². The Morgan fingerprint density at radius 1 is 1.32 bits per heavy atom. The second-order valence-corrected chi connectivity index (χ2v) is 5.50. The maximum Gasteiger partial charge on any atom is 0.168 e. The number of nitrogens with zero attached hydrogens (tertiary/aromatic N) is 3. The summed E-state index contributed by atoms with van der Waals surface area (Å²) in [6, 6.07) is 8.85. The lowest BCUT2D eigenvalue weighted by atomic mass is 9.97. The number of ether oxygens (including phenoxy) is 4. The van der Waals surface area contributed by atoms with Crippen molar-refractivity contribution < 1.29 is 24.1 Å². The van der Waals surface area contributed by atoms with Crippen molar-refractivity contribution in [2.75, 3.05) is 20.3 Å². The lowest BCUT2D eigenvalue weighted by Crippen LogP contribution is -2.60. The van der Waals surface area contributed by atoms with Crippen LogP contribution in [0.5, 0.6) is 0 Å². The Hall–Kier alpha value is -1.93. The minimum Gasteiger partial charge on any atom is -0.394 e. The minimum atomic E-state index is -0.834. The quantitative estimate of drug-likeness (QED) is 0.318. The zero-order valence-corrected chi connectivity index (χ0v) is 14.1. The van der Waals surface area contributed by atoms with Gasteiger partial charge in [-0.1, -0.05) is 41.5 Å². The van der Waals surface area contributed by atoms with Crippen molar-refractivity contribution in [1.82, 2.24) is 0 Å². The fourth-order valence-corrected chi connectivity index (χ4v) is 2.75. The van der Waals surface area contributed by atoms with E-state index < -0.39 is 30.6 Å². The van der Waals surface area contributed by atoms with Crippen LogP contribution in [0.15, 0.2) is 48.1 Å². The number of methoxy groups -OCH3 is 1. The van der Waals surface area contributed by atoms with Gasteiger partial charge in [0.25, 0.3) is 0 Å². The van der Waals surface area contributed by atoms with Crippen molar-refractivity contribution in [3.63, 3.8) is 0 Å². The van der Waals surface area contributed by atoms with E-state index in [4.69, 9.17) is 24.5 Å². The van der Waals surface area contributed by atoms with Crippen molar-refractivity contribution in [3.8, 4) is 0 Å². The standard InChI is InChI=1S/C17H23N3O5/c1-3-9-23-16-14(19-20-18)17(22-2)25-13(10-21)15(16)24-11-12-7-5-4-6-8-12/h3-8,13-17,21H,1,9-11H2,2H3/t13-,14-,15-,16-,17-/m1/s1. The Labute approximate surface area is 146 Å². The van der Waals surface area contributed by atoms with Gasteiger partial charge in [0.2, 0.25) is 0 Å². The number of azide groups is 1. The van der Waals surface area contributed by atoms with Gasteiger partial charge in [-0.15, -0.1) is 6.58 Å². The summed E-state index contributed by atoms with van der Waals surface area (Å²) in [7, 11) is 1.44. The number of hydrogen-bond acceptors (Lipinski definition) is 6. The number of aliphatic hydroxyl groups excluding tert-OH is 1. The molecular weight excluding hydrogens is 326 g/mol. The molecule has 1 fully saturated rings. The Morgan fingerprint density at radius 3 is 2.68 bits per heavy atom. The summed E-state index contributed by atoms with van der Waals surface area (Å²) in [5, 5.41) is 13.4. The fourth-order valence-electron chi connectivity index (χ4n) is 2.75. The Morgan fingerprint density at radius 2 is 2.08 bits per heavy atom. The molecule has 0 saturated carbocycles. The van der Waals surface area contributed by atoms with E-state index in [9.17, 15) is 5.11 Å². The minimum absolute atomic E-state index is 0.238. The van der Waals surface area contributed by atoms with Crippen LogP contribution in [0.4, 0.5) is 0 Å². The predicted octanol–water partition coefficient (Wildman–Crippen LogP) is 2.19. The summed E-state index contributed by atoms with van der Waals surface area (Å²) in [6.45, 7) is 3.89. The summed E-state index contributed by atoms with van der Waals surface area (Å²) in [5.41, 5.74) is 9.84. The number of benzene rings is 1. The zero-order chi connectivity index (χ0) is 18.1. The molecular formula is C17H23N3O5. The summed E-state index contributed by atoms with van der Waals surface area (Å²) in [6.07, 6.45) is -1.19. The van der Waals surface area contributed by atoms with Crippen LogP contribution in [0.2, 0.25) is 0 Å². The van der Waals surface area contributed by atoms with E-state index in [0.29, 0.717) is 6.61 Å². The van der Waals surface area contributed by atoms with Gasteiger partial charge in [0.1, 0.15) is 24.4 Å². The van der Waals surface area contributed by atoms with Gasteiger partial charge in [-0.3, -0.25) is 0 Å². The SMILES string of the molecule is C=CCO[C@@H]1[C@@H](N=[N+]=[N-])[C@H](OC)O[C@H](CO)[C@H]1OCc1ccccc1. The number of rotatable bonds is 9. The summed E-state index contributed by atoms with van der Waals surface area (Å²) in [5.74, 6) is 0. The van der Waals surface area contributed by atoms with Crippen LogP contribution in [0.25, 0.3) is 10.4 Å². The highest BCUT2D eigenvalue weighted by atomic mass is 16.7. The van der Waals surface area contributed by atoms with Crippen molar-refractivity contribution in [2.24, 2.45) is 5.11 Å². The highest BCUT2D eigenvalue weighted by Crippen LogP contribution is 2.29. The highest BCUT2D eigenvalue weighted by Gasteiger charge is 2.47. The first kappa shape index (κ1) is 19.4. The molecule has 1 aromatic carbocycles. The van der Waals surface area contributed by atoms with Crippen LogP contribution in [-0.2, 0) is 25.6 Å². The molecule has 1 aliphatic heterocycles. The molecule has 0 radical (unpaired) electrons. The molecule has 1 heterocycles. The molecule has 0 bridgehead atoms. The molecule has 1 N–H and O–H groups in total. The molecule has 0 aliphatic carbocycles. The zero-order valence-electron chi connectivity index (χ0n) is 14.1. The van der Waals surface area contributed by atoms with Crippen LogP contribution < -0.4 is 0 Å². The fraction of sp³-hybridized carbons (Fsp3) is 0.529. The maximum atomic E-state index is 9.69. The molecule has 1 saturated heterocycles. The molecule has 8 heteroatoms. The highest BCUT2D eigenvalue weighted by molar-refractivity contribution is 5.13. The van der Waals surface area contributed by atoms with E-state index in [-0.39, 0.29) is 13.2 Å². The molecule has 1 aromatic rings. The van der Waals surface area contributed by atoms with Gasteiger partial charge in [0, 0.05) is 12.0 Å². The van der Waals surface area contributed by atoms with E-state index in [2.05, 4.69) is 16.6 Å². The van der Waals surface area contributed by atoms with E-state index in [1.165, 1.54) is 7.11 Å². The van der Waals surface area contributed by atoms with Gasteiger partial charge < -0.3 is 24.1 Å². The normalized spacial score (nSPS) is 29.0. The summed E-state index contributed by atoms with van der Waals surface area (Å²) >= 11 is 0. The molecule has 0 amide bonds. The third-order valence-electron chi connectivity index (χ3n) is 3.90. The Bertz CT molecular complexity index is 579. The number of hydrogen-bond donors (Lipinski definition) is 1. The van der Waals surface area contributed by atoms with Crippen molar-refractivity contribution >= 4 is 0 Å². The average Bonchev–Trinajstić information content (AvgIpc) is 2.66.